The van der Waals surface area contributed by atoms with Crippen LogP contribution in [0.2, 0.25) is 0 Å². The molecule has 3 aliphatic heterocycles. The third-order valence-corrected chi connectivity index (χ3v) is 4.51. The standard InChI is InChI=1S/C19H17NO5/c1-2-4-13(5-3-1)17-20-19(9-21-17)10-22-18(23-11-19)14-6-7-15-16(8-14)25-12-24-15/h1-8,18H,9-12H2. The third-order valence-electron chi connectivity index (χ3n) is 4.51. The van der Waals surface area contributed by atoms with Crippen molar-refractivity contribution >= 4 is 5.90 Å². The van der Waals surface area contributed by atoms with Crippen LogP contribution in [0.1, 0.15) is 17.4 Å². The second-order valence-electron chi connectivity index (χ2n) is 6.36. The van der Waals surface area contributed by atoms with Gasteiger partial charge in [-0.1, -0.05) is 18.2 Å². The van der Waals surface area contributed by atoms with Crippen molar-refractivity contribution in [3.63, 3.8) is 0 Å². The molecule has 1 fully saturated rings. The van der Waals surface area contributed by atoms with Gasteiger partial charge in [0.25, 0.3) is 0 Å². The maximum Gasteiger partial charge on any atom is 0.231 e. The zero-order chi connectivity index (χ0) is 16.7. The van der Waals surface area contributed by atoms with Crippen LogP contribution in [0.4, 0.5) is 0 Å². The van der Waals surface area contributed by atoms with Gasteiger partial charge in [0, 0.05) is 11.1 Å². The van der Waals surface area contributed by atoms with Crippen molar-refractivity contribution in [2.45, 2.75) is 11.8 Å². The number of fused-ring (bicyclic) bond motifs is 1. The van der Waals surface area contributed by atoms with E-state index >= 15 is 0 Å². The van der Waals surface area contributed by atoms with E-state index in [1.165, 1.54) is 0 Å². The molecule has 0 aliphatic carbocycles. The molecular weight excluding hydrogens is 322 g/mol. The van der Waals surface area contributed by atoms with E-state index in [9.17, 15) is 0 Å². The summed E-state index contributed by atoms with van der Waals surface area (Å²) >= 11 is 0. The average Bonchev–Trinajstić information content (AvgIpc) is 3.30. The molecule has 0 bridgehead atoms. The molecule has 3 heterocycles. The SMILES string of the molecule is c1ccc(C2=NC3(CO2)COC(c2ccc4c(c2)OCO4)OC3)cc1. The number of benzene rings is 2. The molecule has 1 spiro atoms. The van der Waals surface area contributed by atoms with Gasteiger partial charge in [-0.3, -0.25) is 0 Å². The number of hydrogen-bond acceptors (Lipinski definition) is 6. The summed E-state index contributed by atoms with van der Waals surface area (Å²) in [6.07, 6.45) is -0.434. The fraction of sp³-hybridized carbons (Fsp3) is 0.316. The lowest BCUT2D eigenvalue weighted by molar-refractivity contribution is -0.212. The minimum Gasteiger partial charge on any atom is -0.475 e. The molecule has 6 nitrogen and oxygen atoms in total. The van der Waals surface area contributed by atoms with E-state index in [2.05, 4.69) is 0 Å². The van der Waals surface area contributed by atoms with E-state index in [1.807, 2.05) is 48.5 Å². The topological polar surface area (TPSA) is 58.5 Å². The smallest absolute Gasteiger partial charge is 0.231 e. The van der Waals surface area contributed by atoms with Crippen molar-refractivity contribution < 1.29 is 23.7 Å². The van der Waals surface area contributed by atoms with E-state index in [4.69, 9.17) is 28.7 Å². The van der Waals surface area contributed by atoms with Crippen LogP contribution in [0.5, 0.6) is 11.5 Å². The first-order valence-corrected chi connectivity index (χ1v) is 8.22. The molecule has 0 saturated carbocycles. The maximum absolute atomic E-state index is 5.94. The van der Waals surface area contributed by atoms with Gasteiger partial charge < -0.3 is 23.7 Å². The van der Waals surface area contributed by atoms with Crippen molar-refractivity contribution in [3.8, 4) is 11.5 Å². The van der Waals surface area contributed by atoms with Crippen LogP contribution in [-0.2, 0) is 14.2 Å². The second kappa shape index (κ2) is 5.75. The molecule has 2 aromatic rings. The summed E-state index contributed by atoms with van der Waals surface area (Å²) in [7, 11) is 0. The highest BCUT2D eigenvalue weighted by Gasteiger charge is 2.42. The molecule has 0 atom stereocenters. The Balaban J connectivity index is 1.31. The number of aliphatic imine (C=N–C) groups is 1. The Morgan fingerprint density at radius 1 is 0.840 bits per heavy atom. The van der Waals surface area contributed by atoms with Crippen molar-refractivity contribution in [1.82, 2.24) is 0 Å². The Morgan fingerprint density at radius 3 is 2.48 bits per heavy atom. The van der Waals surface area contributed by atoms with Crippen LogP contribution in [0.3, 0.4) is 0 Å². The molecule has 25 heavy (non-hydrogen) atoms. The second-order valence-corrected chi connectivity index (χ2v) is 6.36. The summed E-state index contributed by atoms with van der Waals surface area (Å²) in [4.78, 5) is 4.73. The van der Waals surface area contributed by atoms with Crippen LogP contribution in [0.25, 0.3) is 0 Å². The lowest BCUT2D eigenvalue weighted by atomic mass is 10.0. The Hall–Kier alpha value is -2.57. The molecular formula is C19H17NO5. The Morgan fingerprint density at radius 2 is 1.64 bits per heavy atom. The van der Waals surface area contributed by atoms with Crippen molar-refractivity contribution in [2.75, 3.05) is 26.6 Å². The lowest BCUT2D eigenvalue weighted by Crippen LogP contribution is -2.44. The predicted octanol–water partition coefficient (Wildman–Crippen LogP) is 2.68. The zero-order valence-corrected chi connectivity index (χ0v) is 13.5. The molecule has 0 amide bonds. The predicted molar refractivity (Wildman–Crippen MR) is 88.9 cm³/mol. The molecule has 0 unspecified atom stereocenters. The van der Waals surface area contributed by atoms with E-state index in [-0.39, 0.29) is 6.79 Å². The van der Waals surface area contributed by atoms with Gasteiger partial charge in [-0.05, 0) is 30.3 Å². The first kappa shape index (κ1) is 14.7. The fourth-order valence-electron chi connectivity index (χ4n) is 3.16. The van der Waals surface area contributed by atoms with Crippen LogP contribution in [-0.4, -0.2) is 38.1 Å². The number of hydrogen-bond donors (Lipinski definition) is 0. The van der Waals surface area contributed by atoms with E-state index < -0.39 is 11.8 Å². The molecule has 1 saturated heterocycles. The summed E-state index contributed by atoms with van der Waals surface area (Å²) < 4.78 is 28.4. The summed E-state index contributed by atoms with van der Waals surface area (Å²) in [5.41, 5.74) is 1.40. The van der Waals surface area contributed by atoms with E-state index in [0.29, 0.717) is 25.7 Å². The van der Waals surface area contributed by atoms with Crippen LogP contribution < -0.4 is 9.47 Å². The Bertz CT molecular complexity index is 812. The molecule has 5 rings (SSSR count). The van der Waals surface area contributed by atoms with Gasteiger partial charge in [0.2, 0.25) is 12.7 Å². The van der Waals surface area contributed by atoms with Crippen LogP contribution >= 0.6 is 0 Å². The Kier molecular flexibility index (Phi) is 3.39. The lowest BCUT2D eigenvalue weighted by Gasteiger charge is -2.33. The summed E-state index contributed by atoms with van der Waals surface area (Å²) in [5.74, 6) is 2.12. The highest BCUT2D eigenvalue weighted by Crippen LogP contribution is 2.38. The monoisotopic (exact) mass is 339 g/mol. The van der Waals surface area contributed by atoms with Crippen molar-refractivity contribution in [3.05, 3.63) is 59.7 Å². The van der Waals surface area contributed by atoms with Gasteiger partial charge in [-0.2, -0.15) is 0 Å². The van der Waals surface area contributed by atoms with Gasteiger partial charge in [0.05, 0.1) is 13.2 Å². The fourth-order valence-corrected chi connectivity index (χ4v) is 3.16. The first-order valence-electron chi connectivity index (χ1n) is 8.22. The van der Waals surface area contributed by atoms with Crippen molar-refractivity contribution in [1.29, 1.82) is 0 Å². The molecule has 0 N–H and O–H groups in total. The largest absolute Gasteiger partial charge is 0.475 e. The van der Waals surface area contributed by atoms with Crippen LogP contribution in [0.15, 0.2) is 53.5 Å². The molecule has 3 aliphatic rings. The van der Waals surface area contributed by atoms with Gasteiger partial charge in [-0.25, -0.2) is 4.99 Å². The summed E-state index contributed by atoms with van der Waals surface area (Å²) in [5, 5.41) is 0. The minimum absolute atomic E-state index is 0.253. The zero-order valence-electron chi connectivity index (χ0n) is 13.5. The first-order chi connectivity index (χ1) is 12.3. The minimum atomic E-state index is -0.474. The maximum atomic E-state index is 5.94. The van der Waals surface area contributed by atoms with Gasteiger partial charge in [-0.15, -0.1) is 0 Å². The number of ether oxygens (including phenoxy) is 5. The van der Waals surface area contributed by atoms with E-state index in [1.54, 1.807) is 0 Å². The summed E-state index contributed by atoms with van der Waals surface area (Å²) in [6, 6.07) is 15.6. The number of rotatable bonds is 2. The van der Waals surface area contributed by atoms with E-state index in [0.717, 1.165) is 22.6 Å². The molecule has 6 heteroatoms. The Labute approximate surface area is 144 Å². The number of nitrogens with zero attached hydrogens (tertiary/aromatic N) is 1. The highest BCUT2D eigenvalue weighted by atomic mass is 16.7. The van der Waals surface area contributed by atoms with Crippen molar-refractivity contribution in [2.24, 2.45) is 4.99 Å². The highest BCUT2D eigenvalue weighted by molar-refractivity contribution is 5.95. The van der Waals surface area contributed by atoms with Crippen LogP contribution in [0, 0.1) is 0 Å². The molecule has 0 radical (unpaired) electrons. The molecule has 0 aromatic heterocycles. The van der Waals surface area contributed by atoms with Gasteiger partial charge >= 0.3 is 0 Å². The molecule has 128 valence electrons. The molecule has 2 aromatic carbocycles. The summed E-state index contributed by atoms with van der Waals surface area (Å²) in [6.45, 7) is 1.61. The average molecular weight is 339 g/mol. The normalized spacial score (nSPS) is 27.2. The quantitative estimate of drug-likeness (QED) is 0.842. The van der Waals surface area contributed by atoms with Gasteiger partial charge in [0.1, 0.15) is 12.1 Å². The van der Waals surface area contributed by atoms with Gasteiger partial charge in [0.15, 0.2) is 17.8 Å². The third kappa shape index (κ3) is 2.63.